The lowest BCUT2D eigenvalue weighted by Gasteiger charge is -2.34. The highest BCUT2D eigenvalue weighted by Crippen LogP contribution is 2.18. The number of aliphatic imine (C=N–C) groups is 1. The first-order valence-electron chi connectivity index (χ1n) is 10.1. The number of hydrogen-bond donors (Lipinski definition) is 1. The number of unbranched alkanes of at least 4 members (excludes halogenated alkanes) is 1. The van der Waals surface area contributed by atoms with E-state index < -0.39 is 0 Å². The van der Waals surface area contributed by atoms with Gasteiger partial charge in [-0.1, -0.05) is 24.3 Å². The smallest absolute Gasteiger partial charge is 0.250 e. The number of aromatic nitrogens is 1. The molecule has 1 aromatic heterocycles. The molecule has 2 aromatic rings. The van der Waals surface area contributed by atoms with E-state index in [1.165, 1.54) is 0 Å². The zero-order valence-electron chi connectivity index (χ0n) is 16.6. The van der Waals surface area contributed by atoms with E-state index in [1.54, 1.807) is 16.7 Å². The third kappa shape index (κ3) is 5.87. The number of nitrogens with one attached hydrogen (secondary N) is 1. The maximum Gasteiger partial charge on any atom is 0.250 e. The second kappa shape index (κ2) is 10.5. The molecular formula is C22H30N4O2. The van der Waals surface area contributed by atoms with Gasteiger partial charge in [0.1, 0.15) is 11.9 Å². The Morgan fingerprint density at radius 3 is 2.57 bits per heavy atom. The van der Waals surface area contributed by atoms with E-state index in [0.717, 1.165) is 63.6 Å². The van der Waals surface area contributed by atoms with Gasteiger partial charge < -0.3 is 19.5 Å². The van der Waals surface area contributed by atoms with Gasteiger partial charge >= 0.3 is 0 Å². The van der Waals surface area contributed by atoms with Gasteiger partial charge in [-0.3, -0.25) is 9.79 Å². The molecule has 0 spiro atoms. The van der Waals surface area contributed by atoms with E-state index in [-0.39, 0.29) is 11.7 Å². The predicted molar refractivity (Wildman–Crippen MR) is 113 cm³/mol. The Labute approximate surface area is 166 Å². The molecule has 6 nitrogen and oxygen atoms in total. The summed E-state index contributed by atoms with van der Waals surface area (Å²) in [4.78, 5) is 18.4. The van der Waals surface area contributed by atoms with Crippen molar-refractivity contribution in [2.24, 2.45) is 4.99 Å². The molecule has 3 rings (SSSR count). The SMILES string of the molecule is CN=C(NCCCCn1ccccc1=O)N1CCC(Oc2ccccc2)CC1. The van der Waals surface area contributed by atoms with Gasteiger partial charge in [-0.2, -0.15) is 0 Å². The highest BCUT2D eigenvalue weighted by Gasteiger charge is 2.22. The number of piperidine rings is 1. The van der Waals surface area contributed by atoms with Crippen LogP contribution in [0.4, 0.5) is 0 Å². The largest absolute Gasteiger partial charge is 0.490 e. The third-order valence-electron chi connectivity index (χ3n) is 5.01. The minimum absolute atomic E-state index is 0.0619. The summed E-state index contributed by atoms with van der Waals surface area (Å²) < 4.78 is 7.82. The van der Waals surface area contributed by atoms with Gasteiger partial charge in [-0.25, -0.2) is 0 Å². The van der Waals surface area contributed by atoms with Gasteiger partial charge in [0.2, 0.25) is 5.56 Å². The van der Waals surface area contributed by atoms with Gasteiger partial charge in [-0.05, 0) is 31.0 Å². The second-order valence-electron chi connectivity index (χ2n) is 7.03. The summed E-state index contributed by atoms with van der Waals surface area (Å²) in [6.45, 7) is 3.49. The number of guanidine groups is 1. The number of likely N-dealkylation sites (tertiary alicyclic amines) is 1. The number of para-hydroxylation sites is 1. The number of hydrogen-bond acceptors (Lipinski definition) is 3. The second-order valence-corrected chi connectivity index (χ2v) is 7.03. The highest BCUT2D eigenvalue weighted by molar-refractivity contribution is 5.79. The maximum absolute atomic E-state index is 11.7. The molecule has 1 aliphatic rings. The topological polar surface area (TPSA) is 58.9 Å². The number of rotatable bonds is 7. The van der Waals surface area contributed by atoms with E-state index >= 15 is 0 Å². The Morgan fingerprint density at radius 2 is 1.86 bits per heavy atom. The zero-order valence-corrected chi connectivity index (χ0v) is 16.6. The van der Waals surface area contributed by atoms with Crippen LogP contribution in [-0.2, 0) is 6.54 Å². The van der Waals surface area contributed by atoms with Gasteiger partial charge in [-0.15, -0.1) is 0 Å². The third-order valence-corrected chi connectivity index (χ3v) is 5.01. The van der Waals surface area contributed by atoms with Crippen LogP contribution in [-0.4, -0.2) is 48.2 Å². The molecule has 1 fully saturated rings. The minimum atomic E-state index is 0.0619. The molecule has 1 saturated heterocycles. The van der Waals surface area contributed by atoms with Crippen molar-refractivity contribution in [3.05, 3.63) is 65.1 Å². The van der Waals surface area contributed by atoms with Crippen LogP contribution in [0.25, 0.3) is 0 Å². The highest BCUT2D eigenvalue weighted by atomic mass is 16.5. The molecule has 0 aliphatic carbocycles. The number of pyridine rings is 1. The Balaban J connectivity index is 1.35. The molecule has 0 bridgehead atoms. The number of benzene rings is 1. The van der Waals surface area contributed by atoms with Crippen LogP contribution in [0.2, 0.25) is 0 Å². The summed E-state index contributed by atoms with van der Waals surface area (Å²) in [7, 11) is 1.83. The Morgan fingerprint density at radius 1 is 1.11 bits per heavy atom. The fraction of sp³-hybridized carbons (Fsp3) is 0.455. The molecule has 0 unspecified atom stereocenters. The first kappa shape index (κ1) is 20.0. The molecule has 0 saturated carbocycles. The number of aryl methyl sites for hydroxylation is 1. The lowest BCUT2D eigenvalue weighted by Crippen LogP contribution is -2.47. The molecule has 0 atom stereocenters. The molecule has 28 heavy (non-hydrogen) atoms. The number of nitrogens with zero attached hydrogens (tertiary/aromatic N) is 3. The Kier molecular flexibility index (Phi) is 7.53. The summed E-state index contributed by atoms with van der Waals surface area (Å²) >= 11 is 0. The van der Waals surface area contributed by atoms with Crippen molar-refractivity contribution in [2.45, 2.75) is 38.3 Å². The van der Waals surface area contributed by atoms with Gasteiger partial charge in [0.25, 0.3) is 0 Å². The van der Waals surface area contributed by atoms with Gasteiger partial charge in [0.05, 0.1) is 0 Å². The molecule has 150 valence electrons. The van der Waals surface area contributed by atoms with E-state index in [9.17, 15) is 4.79 Å². The first-order chi connectivity index (χ1) is 13.8. The fourth-order valence-corrected chi connectivity index (χ4v) is 3.46. The van der Waals surface area contributed by atoms with Crippen molar-refractivity contribution in [1.29, 1.82) is 0 Å². The van der Waals surface area contributed by atoms with Crippen molar-refractivity contribution in [2.75, 3.05) is 26.7 Å². The van der Waals surface area contributed by atoms with Crippen molar-refractivity contribution in [3.63, 3.8) is 0 Å². The quantitative estimate of drug-likeness (QED) is 0.454. The summed E-state index contributed by atoms with van der Waals surface area (Å²) in [6, 6.07) is 15.3. The van der Waals surface area contributed by atoms with Crippen LogP contribution in [0.3, 0.4) is 0 Å². The Bertz CT molecular complexity index is 795. The van der Waals surface area contributed by atoms with E-state index in [0.29, 0.717) is 0 Å². The van der Waals surface area contributed by atoms with E-state index in [1.807, 2.05) is 49.6 Å². The standard InChI is InChI=1S/C22H30N4O2/c1-23-22(24-14-6-8-16-25-15-7-5-11-21(25)27)26-17-12-20(13-18-26)28-19-9-3-2-4-10-19/h2-5,7,9-11,15,20H,6,8,12-14,16-18H2,1H3,(H,23,24). The predicted octanol–water partition coefficient (Wildman–Crippen LogP) is 2.75. The van der Waals surface area contributed by atoms with Crippen LogP contribution in [0.15, 0.2) is 64.5 Å². The van der Waals surface area contributed by atoms with Crippen LogP contribution < -0.4 is 15.6 Å². The van der Waals surface area contributed by atoms with Crippen molar-refractivity contribution in [3.8, 4) is 5.75 Å². The minimum Gasteiger partial charge on any atom is -0.490 e. The van der Waals surface area contributed by atoms with Crippen molar-refractivity contribution in [1.82, 2.24) is 14.8 Å². The van der Waals surface area contributed by atoms with Crippen LogP contribution in [0, 0.1) is 0 Å². The summed E-state index contributed by atoms with van der Waals surface area (Å²) in [5.41, 5.74) is 0.0619. The maximum atomic E-state index is 11.7. The average Bonchev–Trinajstić information content (AvgIpc) is 2.73. The summed E-state index contributed by atoms with van der Waals surface area (Å²) in [5, 5.41) is 3.45. The average molecular weight is 383 g/mol. The fourth-order valence-electron chi connectivity index (χ4n) is 3.46. The molecule has 1 aliphatic heterocycles. The monoisotopic (exact) mass is 382 g/mol. The van der Waals surface area contributed by atoms with Crippen molar-refractivity contribution < 1.29 is 4.74 Å². The lowest BCUT2D eigenvalue weighted by molar-refractivity contribution is 0.129. The van der Waals surface area contributed by atoms with Crippen LogP contribution in [0.5, 0.6) is 5.75 Å². The molecule has 6 heteroatoms. The normalized spacial score (nSPS) is 15.5. The zero-order chi connectivity index (χ0) is 19.6. The summed E-state index contributed by atoms with van der Waals surface area (Å²) in [5.74, 6) is 1.90. The Hall–Kier alpha value is -2.76. The molecule has 2 heterocycles. The molecule has 1 aromatic carbocycles. The summed E-state index contributed by atoms with van der Waals surface area (Å²) in [6.07, 6.45) is 6.05. The molecular weight excluding hydrogens is 352 g/mol. The van der Waals surface area contributed by atoms with Crippen molar-refractivity contribution >= 4 is 5.96 Å². The molecule has 1 N–H and O–H groups in total. The van der Waals surface area contributed by atoms with E-state index in [2.05, 4.69) is 15.2 Å². The lowest BCUT2D eigenvalue weighted by atomic mass is 10.1. The van der Waals surface area contributed by atoms with Gasteiger partial charge in [0.15, 0.2) is 5.96 Å². The van der Waals surface area contributed by atoms with Crippen LogP contribution in [0.1, 0.15) is 25.7 Å². The van der Waals surface area contributed by atoms with E-state index in [4.69, 9.17) is 4.74 Å². The molecule has 0 amide bonds. The molecule has 0 radical (unpaired) electrons. The number of ether oxygens (including phenoxy) is 1. The van der Waals surface area contributed by atoms with Gasteiger partial charge in [0, 0.05) is 58.3 Å². The van der Waals surface area contributed by atoms with Crippen LogP contribution >= 0.6 is 0 Å². The first-order valence-corrected chi connectivity index (χ1v) is 10.1.